The first-order chi connectivity index (χ1) is 25.7. The van der Waals surface area contributed by atoms with Crippen molar-refractivity contribution in [2.45, 2.75) is 30.4 Å². The fourth-order valence-electron chi connectivity index (χ4n) is 5.32. The summed E-state index contributed by atoms with van der Waals surface area (Å²) in [5.74, 6) is -0.159. The maximum atomic E-state index is 13.8. The van der Waals surface area contributed by atoms with Gasteiger partial charge in [0.25, 0.3) is 11.8 Å². The summed E-state index contributed by atoms with van der Waals surface area (Å²) < 4.78 is 16.4. The number of hydrogen-bond acceptors (Lipinski definition) is 9. The molecule has 0 radical (unpaired) electrons. The van der Waals surface area contributed by atoms with Crippen molar-refractivity contribution >= 4 is 57.6 Å². The number of amides is 3. The molecule has 3 amide bonds. The van der Waals surface area contributed by atoms with E-state index >= 15 is 0 Å². The molecule has 0 aliphatic heterocycles. The lowest BCUT2D eigenvalue weighted by atomic mass is 10.0. The van der Waals surface area contributed by atoms with Crippen molar-refractivity contribution in [3.63, 3.8) is 0 Å². The van der Waals surface area contributed by atoms with Crippen LogP contribution in [0.5, 0.6) is 17.2 Å². The molecule has 1 unspecified atom stereocenters. The highest BCUT2D eigenvalue weighted by atomic mass is 32.2. The largest absolute Gasteiger partial charge is 0.493 e. The van der Waals surface area contributed by atoms with Crippen molar-refractivity contribution in [2.24, 2.45) is 0 Å². The lowest BCUT2D eigenvalue weighted by Gasteiger charge is -2.16. The molecule has 1 aromatic heterocycles. The van der Waals surface area contributed by atoms with Crippen LogP contribution in [0.2, 0.25) is 0 Å². The van der Waals surface area contributed by atoms with E-state index in [9.17, 15) is 19.6 Å². The molecular weight excluding hydrogens is 709 g/mol. The van der Waals surface area contributed by atoms with Crippen LogP contribution < -0.4 is 30.2 Å². The van der Waals surface area contributed by atoms with Gasteiger partial charge >= 0.3 is 0 Å². The van der Waals surface area contributed by atoms with Gasteiger partial charge in [0.15, 0.2) is 11.5 Å². The summed E-state index contributed by atoms with van der Waals surface area (Å²) >= 11 is 2.66. The molecule has 5 rings (SSSR count). The zero-order valence-corrected chi connectivity index (χ0v) is 31.4. The molecule has 12 heteroatoms. The van der Waals surface area contributed by atoms with Crippen LogP contribution in [0, 0.1) is 18.3 Å². The second-order valence-electron chi connectivity index (χ2n) is 11.7. The number of nitrogens with one attached hydrogen (secondary N) is 3. The first-order valence-electron chi connectivity index (χ1n) is 16.5. The molecule has 0 bridgehead atoms. The highest BCUT2D eigenvalue weighted by Gasteiger charge is 2.23. The smallest absolute Gasteiger partial charge is 0.272 e. The number of hydrogen-bond donors (Lipinski definition) is 3. The minimum absolute atomic E-state index is 0.0359. The average Bonchev–Trinajstić information content (AvgIpc) is 3.58. The Bertz CT molecular complexity index is 2150. The quantitative estimate of drug-likeness (QED) is 0.0760. The molecule has 5 aromatic rings. The number of carbonyl (C=O) groups is 3. The number of nitrogens with zero attached hydrogens (tertiary/aromatic N) is 1. The van der Waals surface area contributed by atoms with Crippen LogP contribution >= 0.6 is 23.1 Å². The number of rotatable bonds is 14. The van der Waals surface area contributed by atoms with Gasteiger partial charge in [-0.3, -0.25) is 14.4 Å². The number of ether oxygens (including phenoxy) is 3. The van der Waals surface area contributed by atoms with E-state index in [2.05, 4.69) is 22.0 Å². The second kappa shape index (κ2) is 17.9. The predicted octanol–water partition coefficient (Wildman–Crippen LogP) is 8.54. The summed E-state index contributed by atoms with van der Waals surface area (Å²) in [7, 11) is 4.47. The first kappa shape index (κ1) is 38.2. The van der Waals surface area contributed by atoms with Crippen molar-refractivity contribution < 1.29 is 28.6 Å². The molecule has 1 atom stereocenters. The highest BCUT2D eigenvalue weighted by molar-refractivity contribution is 8.00. The molecule has 3 N–H and O–H groups in total. The third-order valence-electron chi connectivity index (χ3n) is 8.06. The van der Waals surface area contributed by atoms with Gasteiger partial charge in [-0.25, -0.2) is 0 Å². The van der Waals surface area contributed by atoms with Gasteiger partial charge in [0.2, 0.25) is 11.7 Å². The van der Waals surface area contributed by atoms with Crippen LogP contribution in [-0.4, -0.2) is 44.3 Å². The standard InChI is InChI=1S/C41H38N4O6S2/c1-6-36(40(48)45-41-31(23-42)32(24-52-41)27-17-15-25(2)16-18-27)53-30-14-10-13-29(22-30)43-39(47)33(44-38(46)28-11-8-7-9-12-28)19-26-20-34(49-3)37(51-5)35(21-26)50-4/h7-22,24,36H,6H2,1-5H3,(H,43,47)(H,44,46)(H,45,48)/b33-19+. The maximum Gasteiger partial charge on any atom is 0.272 e. The van der Waals surface area contributed by atoms with Gasteiger partial charge in [-0.1, -0.05) is 61.0 Å². The summed E-state index contributed by atoms with van der Waals surface area (Å²) in [5, 5.41) is 20.4. The number of carbonyl (C=O) groups excluding carboxylic acids is 3. The Morgan fingerprint density at radius 2 is 1.58 bits per heavy atom. The Hall–Kier alpha value is -6.03. The zero-order chi connectivity index (χ0) is 37.9. The third-order valence-corrected chi connectivity index (χ3v) is 10.3. The SMILES string of the molecule is CCC(Sc1cccc(NC(=O)/C(=C\c2cc(OC)c(OC)c(OC)c2)NC(=O)c2ccccc2)c1)C(=O)Nc1scc(-c2ccc(C)cc2)c1C#N. The molecule has 0 aliphatic carbocycles. The molecule has 0 fully saturated rings. The third kappa shape index (κ3) is 9.45. The molecule has 53 heavy (non-hydrogen) atoms. The van der Waals surface area contributed by atoms with Crippen molar-refractivity contribution in [2.75, 3.05) is 32.0 Å². The molecule has 0 aliphatic rings. The van der Waals surface area contributed by atoms with Crippen molar-refractivity contribution in [3.05, 3.63) is 124 Å². The fourth-order valence-corrected chi connectivity index (χ4v) is 7.26. The number of benzene rings is 4. The van der Waals surface area contributed by atoms with Crippen LogP contribution in [-0.2, 0) is 9.59 Å². The topological polar surface area (TPSA) is 139 Å². The predicted molar refractivity (Wildman–Crippen MR) is 211 cm³/mol. The molecular formula is C41H38N4O6S2. The molecule has 0 saturated carbocycles. The Kier molecular flexibility index (Phi) is 12.9. The van der Waals surface area contributed by atoms with Gasteiger partial charge in [-0.2, -0.15) is 5.26 Å². The van der Waals surface area contributed by atoms with Gasteiger partial charge in [0, 0.05) is 27.1 Å². The monoisotopic (exact) mass is 746 g/mol. The van der Waals surface area contributed by atoms with E-state index in [0.717, 1.165) is 21.6 Å². The zero-order valence-electron chi connectivity index (χ0n) is 29.8. The summed E-state index contributed by atoms with van der Waals surface area (Å²) in [4.78, 5) is 41.3. The van der Waals surface area contributed by atoms with E-state index in [1.54, 1.807) is 60.7 Å². The van der Waals surface area contributed by atoms with Crippen molar-refractivity contribution in [1.29, 1.82) is 5.26 Å². The Morgan fingerprint density at radius 1 is 0.887 bits per heavy atom. The Labute approximate surface area is 316 Å². The minimum Gasteiger partial charge on any atom is -0.493 e. The van der Waals surface area contributed by atoms with Crippen LogP contribution in [0.3, 0.4) is 0 Å². The lowest BCUT2D eigenvalue weighted by molar-refractivity contribution is -0.116. The van der Waals surface area contributed by atoms with E-state index in [1.165, 1.54) is 50.5 Å². The summed E-state index contributed by atoms with van der Waals surface area (Å²) in [6.45, 7) is 3.91. The van der Waals surface area contributed by atoms with Gasteiger partial charge in [-0.15, -0.1) is 23.1 Å². The van der Waals surface area contributed by atoms with Crippen LogP contribution in [0.1, 0.15) is 40.4 Å². The number of anilines is 2. The minimum atomic E-state index is -0.582. The molecule has 10 nitrogen and oxygen atoms in total. The maximum absolute atomic E-state index is 13.8. The molecule has 0 spiro atoms. The van der Waals surface area contributed by atoms with Gasteiger partial charge in [0.1, 0.15) is 16.8 Å². The molecule has 0 saturated heterocycles. The van der Waals surface area contributed by atoms with E-state index in [4.69, 9.17) is 14.2 Å². The number of aryl methyl sites for hydroxylation is 1. The first-order valence-corrected chi connectivity index (χ1v) is 18.3. The van der Waals surface area contributed by atoms with E-state index in [1.807, 2.05) is 49.6 Å². The summed E-state index contributed by atoms with van der Waals surface area (Å²) in [5.41, 5.74) is 4.51. The van der Waals surface area contributed by atoms with E-state index < -0.39 is 17.1 Å². The van der Waals surface area contributed by atoms with E-state index in [0.29, 0.717) is 51.0 Å². The second-order valence-corrected chi connectivity index (χ2v) is 13.8. The van der Waals surface area contributed by atoms with Gasteiger partial charge < -0.3 is 30.2 Å². The number of thiophene rings is 1. The molecule has 1 heterocycles. The lowest BCUT2D eigenvalue weighted by Crippen LogP contribution is -2.30. The van der Waals surface area contributed by atoms with E-state index in [-0.39, 0.29) is 11.6 Å². The Morgan fingerprint density at radius 3 is 2.21 bits per heavy atom. The average molecular weight is 747 g/mol. The normalized spacial score (nSPS) is 11.5. The van der Waals surface area contributed by atoms with Gasteiger partial charge in [0.05, 0.1) is 32.1 Å². The van der Waals surface area contributed by atoms with Crippen molar-refractivity contribution in [1.82, 2.24) is 5.32 Å². The summed E-state index contributed by atoms with van der Waals surface area (Å²) in [6.07, 6.45) is 2.03. The number of thioether (sulfide) groups is 1. The Balaban J connectivity index is 1.35. The fraction of sp³-hybridized carbons (Fsp3) is 0.171. The summed E-state index contributed by atoms with van der Waals surface area (Å²) in [6, 6.07) is 29.1. The number of nitriles is 1. The molecule has 270 valence electrons. The number of methoxy groups -OCH3 is 3. The molecule has 4 aromatic carbocycles. The highest BCUT2D eigenvalue weighted by Crippen LogP contribution is 2.39. The van der Waals surface area contributed by atoms with Crippen LogP contribution in [0.4, 0.5) is 10.7 Å². The van der Waals surface area contributed by atoms with Crippen LogP contribution in [0.15, 0.2) is 107 Å². The van der Waals surface area contributed by atoms with Crippen LogP contribution in [0.25, 0.3) is 17.2 Å². The van der Waals surface area contributed by atoms with Gasteiger partial charge in [-0.05, 0) is 73.0 Å². The van der Waals surface area contributed by atoms with Crippen molar-refractivity contribution in [3.8, 4) is 34.4 Å².